The smallest absolute Gasteiger partial charge is 0.357 e. The SMILES string of the molecule is COc1ccc(OC)c(C2[NH+]=C(Nc3ccc(F)cc3)Nc3nc(C)cc(=O)n32)c1. The summed E-state index contributed by atoms with van der Waals surface area (Å²) in [5.41, 5.74) is 1.70. The second kappa shape index (κ2) is 7.86. The van der Waals surface area contributed by atoms with Crippen molar-refractivity contribution in [3.05, 3.63) is 76.0 Å². The van der Waals surface area contributed by atoms with E-state index < -0.39 is 6.17 Å². The molecular weight excluding hydrogens is 389 g/mol. The Bertz CT molecular complexity index is 1170. The molecule has 2 heterocycles. The van der Waals surface area contributed by atoms with E-state index in [1.807, 2.05) is 0 Å². The van der Waals surface area contributed by atoms with E-state index in [1.54, 1.807) is 51.5 Å². The number of methoxy groups -OCH3 is 2. The predicted molar refractivity (Wildman–Crippen MR) is 111 cm³/mol. The van der Waals surface area contributed by atoms with Gasteiger partial charge < -0.3 is 9.47 Å². The molecule has 1 unspecified atom stereocenters. The number of rotatable bonds is 4. The molecule has 0 bridgehead atoms. The topological polar surface area (TPSA) is 91.4 Å². The van der Waals surface area contributed by atoms with Crippen molar-refractivity contribution in [3.8, 4) is 11.5 Å². The quantitative estimate of drug-likeness (QED) is 0.599. The van der Waals surface area contributed by atoms with Gasteiger partial charge >= 0.3 is 5.96 Å². The number of halogens is 1. The molecule has 9 heteroatoms. The lowest BCUT2D eigenvalue weighted by Gasteiger charge is -2.24. The maximum absolute atomic E-state index is 13.2. The largest absolute Gasteiger partial charge is 0.497 e. The van der Waals surface area contributed by atoms with Crippen LogP contribution in [-0.2, 0) is 0 Å². The maximum Gasteiger partial charge on any atom is 0.357 e. The van der Waals surface area contributed by atoms with Gasteiger partial charge in [-0.25, -0.2) is 24.6 Å². The summed E-state index contributed by atoms with van der Waals surface area (Å²) in [6, 6.07) is 12.7. The molecule has 0 amide bonds. The van der Waals surface area contributed by atoms with Crippen molar-refractivity contribution in [2.75, 3.05) is 24.9 Å². The molecule has 8 nitrogen and oxygen atoms in total. The number of guanidine groups is 1. The summed E-state index contributed by atoms with van der Waals surface area (Å²) in [6.45, 7) is 1.75. The molecule has 1 aromatic heterocycles. The van der Waals surface area contributed by atoms with E-state index in [1.165, 1.54) is 22.8 Å². The molecule has 4 rings (SSSR count). The van der Waals surface area contributed by atoms with Crippen LogP contribution in [-0.4, -0.2) is 29.7 Å². The monoisotopic (exact) mass is 410 g/mol. The van der Waals surface area contributed by atoms with Crippen LogP contribution in [0, 0.1) is 12.7 Å². The van der Waals surface area contributed by atoms with Crippen molar-refractivity contribution in [1.82, 2.24) is 9.55 Å². The first-order valence-corrected chi connectivity index (χ1v) is 9.23. The Morgan fingerprint density at radius 2 is 1.90 bits per heavy atom. The van der Waals surface area contributed by atoms with E-state index in [0.29, 0.717) is 40.4 Å². The normalized spacial score (nSPS) is 14.9. The number of ether oxygens (including phenoxy) is 2. The van der Waals surface area contributed by atoms with Gasteiger partial charge in [0.1, 0.15) is 17.3 Å². The van der Waals surface area contributed by atoms with Crippen molar-refractivity contribution in [2.45, 2.75) is 13.1 Å². The lowest BCUT2D eigenvalue weighted by molar-refractivity contribution is -0.520. The lowest BCUT2D eigenvalue weighted by Crippen LogP contribution is -2.82. The second-order valence-corrected chi connectivity index (χ2v) is 6.72. The van der Waals surface area contributed by atoms with Crippen molar-refractivity contribution in [2.24, 2.45) is 0 Å². The highest BCUT2D eigenvalue weighted by molar-refractivity contribution is 5.99. The van der Waals surface area contributed by atoms with Gasteiger partial charge in [-0.2, -0.15) is 0 Å². The molecule has 3 aromatic rings. The minimum absolute atomic E-state index is 0.229. The fourth-order valence-corrected chi connectivity index (χ4v) is 3.31. The molecule has 2 aromatic carbocycles. The zero-order chi connectivity index (χ0) is 21.3. The molecule has 1 atom stereocenters. The van der Waals surface area contributed by atoms with E-state index in [9.17, 15) is 9.18 Å². The minimum atomic E-state index is -0.630. The van der Waals surface area contributed by atoms with Crippen LogP contribution in [0.5, 0.6) is 11.5 Å². The summed E-state index contributed by atoms with van der Waals surface area (Å²) >= 11 is 0. The van der Waals surface area contributed by atoms with Crippen LogP contribution < -0.4 is 30.7 Å². The van der Waals surface area contributed by atoms with Crippen molar-refractivity contribution >= 4 is 17.6 Å². The molecule has 30 heavy (non-hydrogen) atoms. The number of anilines is 2. The summed E-state index contributed by atoms with van der Waals surface area (Å²) in [5.74, 6) is 1.71. The first-order chi connectivity index (χ1) is 14.5. The zero-order valence-corrected chi connectivity index (χ0v) is 16.7. The Kier molecular flexibility index (Phi) is 5.09. The van der Waals surface area contributed by atoms with Crippen LogP contribution >= 0.6 is 0 Å². The summed E-state index contributed by atoms with van der Waals surface area (Å²) in [5, 5.41) is 6.24. The Hall–Kier alpha value is -3.88. The number of nitrogens with zero attached hydrogens (tertiary/aromatic N) is 2. The van der Waals surface area contributed by atoms with Crippen LogP contribution in [0.2, 0.25) is 0 Å². The third kappa shape index (κ3) is 3.69. The van der Waals surface area contributed by atoms with Crippen LogP contribution in [0.15, 0.2) is 53.3 Å². The molecule has 0 radical (unpaired) electrons. The molecule has 1 aliphatic heterocycles. The maximum atomic E-state index is 13.2. The molecule has 0 saturated carbocycles. The average Bonchev–Trinajstić information content (AvgIpc) is 2.74. The number of hydrogen-bond acceptors (Lipinski definition) is 6. The van der Waals surface area contributed by atoms with Gasteiger partial charge in [0.2, 0.25) is 0 Å². The van der Waals surface area contributed by atoms with Gasteiger partial charge in [0.25, 0.3) is 11.5 Å². The average molecular weight is 410 g/mol. The number of benzene rings is 2. The number of hydrogen-bond donors (Lipinski definition) is 3. The summed E-state index contributed by atoms with van der Waals surface area (Å²) in [7, 11) is 3.13. The molecule has 0 saturated heterocycles. The van der Waals surface area contributed by atoms with Gasteiger partial charge in [-0.05, 0) is 49.4 Å². The predicted octanol–water partition coefficient (Wildman–Crippen LogP) is 1.23. The zero-order valence-electron chi connectivity index (χ0n) is 16.7. The lowest BCUT2D eigenvalue weighted by atomic mass is 10.1. The Morgan fingerprint density at radius 1 is 1.13 bits per heavy atom. The van der Waals surface area contributed by atoms with Crippen LogP contribution in [0.1, 0.15) is 17.4 Å². The highest BCUT2D eigenvalue weighted by atomic mass is 19.1. The number of nitrogens with one attached hydrogen (secondary N) is 3. The van der Waals surface area contributed by atoms with Crippen LogP contribution in [0.25, 0.3) is 0 Å². The van der Waals surface area contributed by atoms with Gasteiger partial charge in [0, 0.05) is 11.8 Å². The Morgan fingerprint density at radius 3 is 2.60 bits per heavy atom. The molecule has 3 N–H and O–H groups in total. The van der Waals surface area contributed by atoms with Crippen LogP contribution in [0.4, 0.5) is 16.0 Å². The Balaban J connectivity index is 1.85. The minimum Gasteiger partial charge on any atom is -0.497 e. The number of aromatic nitrogens is 2. The standard InChI is InChI=1S/C21H20FN5O3/c1-12-10-18(28)27-19(16-11-15(29-2)8-9-17(16)30-3)25-20(26-21(27)23-12)24-14-6-4-13(22)5-7-14/h4-11,19H,1-3H3,(H2,23,24,25,26)/p+1. The van der Waals surface area contributed by atoms with Gasteiger partial charge in [-0.15, -0.1) is 0 Å². The molecular formula is C21H21FN5O3+. The Labute approximate surface area is 172 Å². The van der Waals surface area contributed by atoms with E-state index in [0.717, 1.165) is 0 Å². The first kappa shape index (κ1) is 19.4. The van der Waals surface area contributed by atoms with Crippen LogP contribution in [0.3, 0.4) is 0 Å². The van der Waals surface area contributed by atoms with Gasteiger partial charge in [-0.1, -0.05) is 0 Å². The van der Waals surface area contributed by atoms with E-state index in [-0.39, 0.29) is 11.4 Å². The molecule has 1 aliphatic rings. The summed E-state index contributed by atoms with van der Waals surface area (Å²) in [6.07, 6.45) is -0.630. The fourth-order valence-electron chi connectivity index (χ4n) is 3.31. The summed E-state index contributed by atoms with van der Waals surface area (Å²) < 4.78 is 25.6. The molecule has 0 aliphatic carbocycles. The second-order valence-electron chi connectivity index (χ2n) is 6.72. The summed E-state index contributed by atoms with van der Waals surface area (Å²) in [4.78, 5) is 20.6. The third-order valence-electron chi connectivity index (χ3n) is 4.70. The molecule has 0 fully saturated rings. The highest BCUT2D eigenvalue weighted by Crippen LogP contribution is 2.29. The van der Waals surface area contributed by atoms with Gasteiger partial charge in [0.15, 0.2) is 6.17 Å². The fraction of sp³-hybridized carbons (Fsp3) is 0.190. The third-order valence-corrected chi connectivity index (χ3v) is 4.70. The van der Waals surface area contributed by atoms with Crippen molar-refractivity contribution in [3.63, 3.8) is 0 Å². The molecule has 154 valence electrons. The van der Waals surface area contributed by atoms with E-state index in [4.69, 9.17) is 9.47 Å². The van der Waals surface area contributed by atoms with E-state index in [2.05, 4.69) is 20.6 Å². The van der Waals surface area contributed by atoms with Gasteiger partial charge in [0.05, 0.1) is 25.5 Å². The molecule has 0 spiro atoms. The van der Waals surface area contributed by atoms with Gasteiger partial charge in [-0.3, -0.25) is 9.79 Å². The first-order valence-electron chi connectivity index (χ1n) is 9.23. The van der Waals surface area contributed by atoms with Crippen molar-refractivity contribution in [1.29, 1.82) is 0 Å². The van der Waals surface area contributed by atoms with Crippen molar-refractivity contribution < 1.29 is 18.9 Å². The number of aryl methyl sites for hydroxylation is 1. The van der Waals surface area contributed by atoms with E-state index >= 15 is 0 Å². The number of fused-ring (bicyclic) bond motifs is 1. The highest BCUT2D eigenvalue weighted by Gasteiger charge is 2.31.